The molecule has 6 nitrogen and oxygen atoms in total. The van der Waals surface area contributed by atoms with Gasteiger partial charge in [-0.25, -0.2) is 4.98 Å². The topological polar surface area (TPSA) is 76.3 Å². The Morgan fingerprint density at radius 2 is 2.32 bits per heavy atom. The lowest BCUT2D eigenvalue weighted by molar-refractivity contribution is 0.157. The van der Waals surface area contributed by atoms with Gasteiger partial charge in [-0.1, -0.05) is 13.8 Å². The summed E-state index contributed by atoms with van der Waals surface area (Å²) in [5.74, 6) is 2.47. The summed E-state index contributed by atoms with van der Waals surface area (Å²) < 4.78 is 5.64. The van der Waals surface area contributed by atoms with E-state index in [2.05, 4.69) is 34.0 Å². The Kier molecular flexibility index (Phi) is 3.02. The van der Waals surface area contributed by atoms with Crippen LogP contribution in [-0.2, 0) is 4.74 Å². The first-order valence-electron chi connectivity index (χ1n) is 6.62. The van der Waals surface area contributed by atoms with E-state index in [9.17, 15) is 0 Å². The van der Waals surface area contributed by atoms with Crippen molar-refractivity contribution in [3.05, 3.63) is 23.7 Å². The van der Waals surface area contributed by atoms with E-state index >= 15 is 0 Å². The standard InChI is InChI=1S/C13H19N5O/c1-8(2)9-5-12(17-13(14)16-9)18-6-10-11(7-18)19-4-3-15-10/h5,7-8,10,15H,3-4,6H2,1-2H3,(H2,14,16,17). The molecule has 2 aliphatic heterocycles. The van der Waals surface area contributed by atoms with E-state index in [1.165, 1.54) is 0 Å². The van der Waals surface area contributed by atoms with E-state index in [1.807, 2.05) is 12.3 Å². The van der Waals surface area contributed by atoms with Gasteiger partial charge < -0.3 is 20.7 Å². The van der Waals surface area contributed by atoms with Gasteiger partial charge in [0, 0.05) is 25.4 Å². The molecule has 1 unspecified atom stereocenters. The first-order chi connectivity index (χ1) is 9.13. The third-order valence-electron chi connectivity index (χ3n) is 3.40. The molecule has 0 spiro atoms. The van der Waals surface area contributed by atoms with Crippen molar-refractivity contribution in [1.82, 2.24) is 15.3 Å². The predicted molar refractivity (Wildman–Crippen MR) is 73.7 cm³/mol. The molecule has 0 saturated carbocycles. The zero-order chi connectivity index (χ0) is 13.4. The Bertz CT molecular complexity index is 514. The van der Waals surface area contributed by atoms with Crippen LogP contribution in [0.3, 0.4) is 0 Å². The number of hydrogen-bond donors (Lipinski definition) is 2. The smallest absolute Gasteiger partial charge is 0.222 e. The summed E-state index contributed by atoms with van der Waals surface area (Å²) >= 11 is 0. The molecule has 1 aromatic rings. The van der Waals surface area contributed by atoms with Gasteiger partial charge in [-0.15, -0.1) is 0 Å². The van der Waals surface area contributed by atoms with Gasteiger partial charge >= 0.3 is 0 Å². The molecular weight excluding hydrogens is 242 g/mol. The number of nitrogen functional groups attached to an aromatic ring is 1. The van der Waals surface area contributed by atoms with Crippen molar-refractivity contribution in [3.8, 4) is 0 Å². The van der Waals surface area contributed by atoms with Crippen LogP contribution >= 0.6 is 0 Å². The van der Waals surface area contributed by atoms with Crippen LogP contribution in [0.2, 0.25) is 0 Å². The SMILES string of the molecule is CC(C)c1cc(N2C=C3OCCNC3C2)nc(N)n1. The number of hydrogen-bond acceptors (Lipinski definition) is 6. The molecule has 3 heterocycles. The summed E-state index contributed by atoms with van der Waals surface area (Å²) in [5.41, 5.74) is 6.76. The van der Waals surface area contributed by atoms with E-state index in [4.69, 9.17) is 10.5 Å². The number of fused-ring (bicyclic) bond motifs is 1. The van der Waals surface area contributed by atoms with Crippen LogP contribution in [0.1, 0.15) is 25.5 Å². The summed E-state index contributed by atoms with van der Waals surface area (Å²) in [6, 6.07) is 2.25. The van der Waals surface area contributed by atoms with Crippen molar-refractivity contribution in [3.63, 3.8) is 0 Å². The molecule has 6 heteroatoms. The monoisotopic (exact) mass is 261 g/mol. The number of rotatable bonds is 2. The van der Waals surface area contributed by atoms with Crippen molar-refractivity contribution in [2.45, 2.75) is 25.8 Å². The summed E-state index contributed by atoms with van der Waals surface area (Å²) in [5, 5.41) is 3.42. The van der Waals surface area contributed by atoms with Gasteiger partial charge in [0.1, 0.15) is 18.2 Å². The van der Waals surface area contributed by atoms with Crippen molar-refractivity contribution < 1.29 is 4.74 Å². The van der Waals surface area contributed by atoms with Gasteiger partial charge in [-0.2, -0.15) is 4.98 Å². The van der Waals surface area contributed by atoms with Gasteiger partial charge in [0.2, 0.25) is 5.95 Å². The van der Waals surface area contributed by atoms with Crippen molar-refractivity contribution in [2.24, 2.45) is 0 Å². The van der Waals surface area contributed by atoms with Crippen LogP contribution < -0.4 is 16.0 Å². The largest absolute Gasteiger partial charge is 0.493 e. The molecule has 19 heavy (non-hydrogen) atoms. The molecule has 1 fully saturated rings. The first-order valence-corrected chi connectivity index (χ1v) is 6.62. The summed E-state index contributed by atoms with van der Waals surface area (Å²) in [6.45, 7) is 6.62. The third-order valence-corrected chi connectivity index (χ3v) is 3.40. The van der Waals surface area contributed by atoms with E-state index in [0.29, 0.717) is 11.9 Å². The normalized spacial score (nSPS) is 22.2. The molecule has 0 amide bonds. The molecule has 102 valence electrons. The fraction of sp³-hybridized carbons (Fsp3) is 0.538. The third kappa shape index (κ3) is 2.35. The maximum atomic E-state index is 5.80. The minimum Gasteiger partial charge on any atom is -0.493 e. The van der Waals surface area contributed by atoms with Crippen LogP contribution in [0.25, 0.3) is 0 Å². The number of anilines is 2. The van der Waals surface area contributed by atoms with Crippen LogP contribution in [0, 0.1) is 0 Å². The van der Waals surface area contributed by atoms with E-state index in [0.717, 1.165) is 37.0 Å². The van der Waals surface area contributed by atoms with Gasteiger partial charge in [0.15, 0.2) is 0 Å². The van der Waals surface area contributed by atoms with E-state index in [-0.39, 0.29) is 6.04 Å². The molecule has 1 saturated heterocycles. The van der Waals surface area contributed by atoms with Gasteiger partial charge in [-0.3, -0.25) is 0 Å². The quantitative estimate of drug-likeness (QED) is 0.821. The highest BCUT2D eigenvalue weighted by Crippen LogP contribution is 2.26. The number of ether oxygens (including phenoxy) is 1. The van der Waals surface area contributed by atoms with Gasteiger partial charge in [0.05, 0.1) is 11.7 Å². The van der Waals surface area contributed by atoms with Crippen LogP contribution in [0.5, 0.6) is 0 Å². The molecule has 3 rings (SSSR count). The highest BCUT2D eigenvalue weighted by atomic mass is 16.5. The van der Waals surface area contributed by atoms with Crippen LogP contribution in [0.4, 0.5) is 11.8 Å². The molecule has 2 aliphatic rings. The maximum Gasteiger partial charge on any atom is 0.222 e. The number of aromatic nitrogens is 2. The van der Waals surface area contributed by atoms with Crippen LogP contribution in [0.15, 0.2) is 18.0 Å². The summed E-state index contributed by atoms with van der Waals surface area (Å²) in [7, 11) is 0. The molecule has 0 aliphatic carbocycles. The zero-order valence-electron chi connectivity index (χ0n) is 11.3. The predicted octanol–water partition coefficient (Wildman–Crippen LogP) is 0.832. The summed E-state index contributed by atoms with van der Waals surface area (Å²) in [4.78, 5) is 10.7. The molecule has 0 radical (unpaired) electrons. The zero-order valence-corrected chi connectivity index (χ0v) is 11.3. The highest BCUT2D eigenvalue weighted by Gasteiger charge is 2.29. The maximum absolute atomic E-state index is 5.80. The molecule has 1 atom stereocenters. The average Bonchev–Trinajstić information content (AvgIpc) is 2.81. The lowest BCUT2D eigenvalue weighted by Gasteiger charge is -2.23. The number of morpholine rings is 1. The van der Waals surface area contributed by atoms with Crippen LogP contribution in [-0.4, -0.2) is 35.7 Å². The minimum absolute atomic E-state index is 0.257. The summed E-state index contributed by atoms with van der Waals surface area (Å²) in [6.07, 6.45) is 2.00. The molecule has 1 aromatic heterocycles. The molecule has 0 bridgehead atoms. The number of nitrogens with two attached hydrogens (primary N) is 1. The van der Waals surface area contributed by atoms with Crippen molar-refractivity contribution in [1.29, 1.82) is 0 Å². The highest BCUT2D eigenvalue weighted by molar-refractivity contribution is 5.50. The first kappa shape index (κ1) is 12.2. The second kappa shape index (κ2) is 4.70. The Balaban J connectivity index is 1.89. The lowest BCUT2D eigenvalue weighted by atomic mass is 10.1. The molecule has 0 aromatic carbocycles. The molecular formula is C13H19N5O. The molecule has 3 N–H and O–H groups in total. The second-order valence-electron chi connectivity index (χ2n) is 5.20. The fourth-order valence-corrected chi connectivity index (χ4v) is 2.36. The van der Waals surface area contributed by atoms with Gasteiger partial charge in [0.25, 0.3) is 0 Å². The Morgan fingerprint density at radius 3 is 3.05 bits per heavy atom. The lowest BCUT2D eigenvalue weighted by Crippen LogP contribution is -2.41. The van der Waals surface area contributed by atoms with E-state index < -0.39 is 0 Å². The Hall–Kier alpha value is -1.82. The Labute approximate surface area is 112 Å². The van der Waals surface area contributed by atoms with Crippen molar-refractivity contribution >= 4 is 11.8 Å². The number of nitrogens with one attached hydrogen (secondary N) is 1. The van der Waals surface area contributed by atoms with Gasteiger partial charge in [-0.05, 0) is 5.92 Å². The van der Waals surface area contributed by atoms with Crippen molar-refractivity contribution in [2.75, 3.05) is 30.3 Å². The number of nitrogens with zero attached hydrogens (tertiary/aromatic N) is 3. The second-order valence-corrected chi connectivity index (χ2v) is 5.20. The van der Waals surface area contributed by atoms with E-state index in [1.54, 1.807) is 0 Å². The minimum atomic E-state index is 0.257. The fourth-order valence-electron chi connectivity index (χ4n) is 2.36. The Morgan fingerprint density at radius 1 is 1.47 bits per heavy atom. The average molecular weight is 261 g/mol.